The minimum atomic E-state index is -0.137. The fourth-order valence-corrected chi connectivity index (χ4v) is 4.27. The van der Waals surface area contributed by atoms with Crippen LogP contribution in [0.2, 0.25) is 0 Å². The van der Waals surface area contributed by atoms with E-state index in [0.29, 0.717) is 17.7 Å². The molecule has 1 aliphatic carbocycles. The number of Topliss-reactive ketones (excluding diaryl/α,β-unsaturated/α-hetero) is 1. The lowest BCUT2D eigenvalue weighted by atomic mass is 10.0. The Morgan fingerprint density at radius 3 is 2.27 bits per heavy atom. The summed E-state index contributed by atoms with van der Waals surface area (Å²) >= 11 is 0. The van der Waals surface area contributed by atoms with E-state index in [0.717, 1.165) is 50.8 Å². The predicted octanol–water partition coefficient (Wildman–Crippen LogP) is 3.69. The van der Waals surface area contributed by atoms with Crippen LogP contribution in [0, 0.1) is 0 Å². The van der Waals surface area contributed by atoms with Crippen LogP contribution < -0.4 is 5.32 Å². The molecule has 30 heavy (non-hydrogen) atoms. The molecule has 2 amide bonds. The number of amides is 2. The van der Waals surface area contributed by atoms with Gasteiger partial charge in [0, 0.05) is 43.6 Å². The number of benzene rings is 2. The second kappa shape index (κ2) is 9.24. The molecule has 1 heterocycles. The molecule has 1 aliphatic heterocycles. The standard InChI is InChI=1S/C25H28N2O3/c28-23(22-11-10-19-4-3-5-21(19)16-22)12-13-24(29)26-17-18-6-8-20(9-7-18)25(30)27-14-1-2-15-27/h6-11,16H,1-5,12-15,17H2,(H,26,29). The Morgan fingerprint density at radius 1 is 0.800 bits per heavy atom. The van der Waals surface area contributed by atoms with Gasteiger partial charge in [-0.1, -0.05) is 24.3 Å². The fourth-order valence-electron chi connectivity index (χ4n) is 4.27. The summed E-state index contributed by atoms with van der Waals surface area (Å²) in [5.74, 6) is -0.0421. The SMILES string of the molecule is O=C(CCC(=O)c1ccc2c(c1)CCC2)NCc1ccc(C(=O)N2CCCC2)cc1. The van der Waals surface area contributed by atoms with Crippen molar-refractivity contribution >= 4 is 17.6 Å². The Labute approximate surface area is 177 Å². The Morgan fingerprint density at radius 2 is 1.50 bits per heavy atom. The van der Waals surface area contributed by atoms with Crippen molar-refractivity contribution in [1.29, 1.82) is 0 Å². The third-order valence-electron chi connectivity index (χ3n) is 6.08. The highest BCUT2D eigenvalue weighted by Crippen LogP contribution is 2.23. The van der Waals surface area contributed by atoms with Gasteiger partial charge in [-0.3, -0.25) is 14.4 Å². The molecule has 4 rings (SSSR count). The van der Waals surface area contributed by atoms with Crippen LogP contribution in [0.3, 0.4) is 0 Å². The van der Waals surface area contributed by atoms with Gasteiger partial charge in [-0.25, -0.2) is 0 Å². The van der Waals surface area contributed by atoms with E-state index < -0.39 is 0 Å². The zero-order valence-corrected chi connectivity index (χ0v) is 17.3. The van der Waals surface area contributed by atoms with Crippen LogP contribution >= 0.6 is 0 Å². The number of ketones is 1. The third kappa shape index (κ3) is 4.78. The average molecular weight is 405 g/mol. The number of likely N-dealkylation sites (tertiary alicyclic amines) is 1. The van der Waals surface area contributed by atoms with E-state index in [1.54, 1.807) is 0 Å². The van der Waals surface area contributed by atoms with Crippen molar-refractivity contribution < 1.29 is 14.4 Å². The molecule has 5 heteroatoms. The van der Waals surface area contributed by atoms with E-state index in [-0.39, 0.29) is 30.4 Å². The first-order chi connectivity index (χ1) is 14.6. The molecule has 2 aliphatic rings. The minimum absolute atomic E-state index is 0.0182. The van der Waals surface area contributed by atoms with Crippen LogP contribution in [0.1, 0.15) is 69.5 Å². The van der Waals surface area contributed by atoms with Gasteiger partial charge in [0.15, 0.2) is 5.78 Å². The number of aryl methyl sites for hydroxylation is 2. The zero-order chi connectivity index (χ0) is 20.9. The normalized spacial score (nSPS) is 15.1. The second-order valence-corrected chi connectivity index (χ2v) is 8.23. The number of carbonyl (C=O) groups excluding carboxylic acids is 3. The van der Waals surface area contributed by atoms with E-state index in [1.807, 2.05) is 47.4 Å². The lowest BCUT2D eigenvalue weighted by Gasteiger charge is -2.15. The van der Waals surface area contributed by atoms with Gasteiger partial charge in [0.05, 0.1) is 0 Å². The Kier molecular flexibility index (Phi) is 6.26. The van der Waals surface area contributed by atoms with E-state index in [1.165, 1.54) is 11.1 Å². The van der Waals surface area contributed by atoms with Crippen molar-refractivity contribution in [2.75, 3.05) is 13.1 Å². The lowest BCUT2D eigenvalue weighted by molar-refractivity contribution is -0.121. The number of nitrogens with zero attached hydrogens (tertiary/aromatic N) is 1. The van der Waals surface area contributed by atoms with Crippen LogP contribution in [0.25, 0.3) is 0 Å². The number of carbonyl (C=O) groups is 3. The number of nitrogens with one attached hydrogen (secondary N) is 1. The molecule has 2 aromatic carbocycles. The minimum Gasteiger partial charge on any atom is -0.352 e. The van der Waals surface area contributed by atoms with Gasteiger partial charge in [-0.15, -0.1) is 0 Å². The molecular weight excluding hydrogens is 376 g/mol. The maximum absolute atomic E-state index is 12.4. The summed E-state index contributed by atoms with van der Waals surface area (Å²) < 4.78 is 0. The number of rotatable bonds is 7. The van der Waals surface area contributed by atoms with Crippen molar-refractivity contribution in [2.45, 2.75) is 51.5 Å². The molecule has 1 saturated heterocycles. The molecule has 0 saturated carbocycles. The van der Waals surface area contributed by atoms with E-state index in [2.05, 4.69) is 5.32 Å². The maximum atomic E-state index is 12.4. The highest BCUT2D eigenvalue weighted by molar-refractivity contribution is 5.98. The highest BCUT2D eigenvalue weighted by atomic mass is 16.2. The first-order valence-corrected chi connectivity index (χ1v) is 10.9. The smallest absolute Gasteiger partial charge is 0.253 e. The molecule has 5 nitrogen and oxygen atoms in total. The summed E-state index contributed by atoms with van der Waals surface area (Å²) in [6, 6.07) is 13.3. The summed E-state index contributed by atoms with van der Waals surface area (Å²) in [4.78, 5) is 38.8. The highest BCUT2D eigenvalue weighted by Gasteiger charge is 2.19. The Balaban J connectivity index is 1.22. The quantitative estimate of drug-likeness (QED) is 0.716. The van der Waals surface area contributed by atoms with Gasteiger partial charge in [-0.05, 0) is 67.0 Å². The van der Waals surface area contributed by atoms with Crippen LogP contribution in [0.4, 0.5) is 0 Å². The van der Waals surface area contributed by atoms with Gasteiger partial charge < -0.3 is 10.2 Å². The van der Waals surface area contributed by atoms with E-state index in [9.17, 15) is 14.4 Å². The van der Waals surface area contributed by atoms with E-state index >= 15 is 0 Å². The molecule has 2 aromatic rings. The van der Waals surface area contributed by atoms with Gasteiger partial charge in [-0.2, -0.15) is 0 Å². The monoisotopic (exact) mass is 404 g/mol. The van der Waals surface area contributed by atoms with Crippen molar-refractivity contribution in [3.05, 3.63) is 70.3 Å². The molecule has 0 aromatic heterocycles. The van der Waals surface area contributed by atoms with Gasteiger partial charge in [0.2, 0.25) is 5.91 Å². The first kappa shape index (κ1) is 20.3. The topological polar surface area (TPSA) is 66.5 Å². The lowest BCUT2D eigenvalue weighted by Crippen LogP contribution is -2.27. The molecule has 156 valence electrons. The summed E-state index contributed by atoms with van der Waals surface area (Å²) in [6.07, 6.45) is 5.84. The molecule has 1 fully saturated rings. The van der Waals surface area contributed by atoms with E-state index in [4.69, 9.17) is 0 Å². The Hall–Kier alpha value is -2.95. The van der Waals surface area contributed by atoms with Crippen molar-refractivity contribution in [2.24, 2.45) is 0 Å². The average Bonchev–Trinajstić information content (AvgIpc) is 3.47. The fraction of sp³-hybridized carbons (Fsp3) is 0.400. The summed E-state index contributed by atoms with van der Waals surface area (Å²) in [7, 11) is 0. The molecular formula is C25H28N2O3. The second-order valence-electron chi connectivity index (χ2n) is 8.23. The molecule has 0 spiro atoms. The van der Waals surface area contributed by atoms with Crippen molar-refractivity contribution in [1.82, 2.24) is 10.2 Å². The molecule has 0 atom stereocenters. The van der Waals surface area contributed by atoms with Gasteiger partial charge in [0.25, 0.3) is 5.91 Å². The molecule has 1 N–H and O–H groups in total. The van der Waals surface area contributed by atoms with Crippen LogP contribution in [0.5, 0.6) is 0 Å². The van der Waals surface area contributed by atoms with Gasteiger partial charge >= 0.3 is 0 Å². The number of fused-ring (bicyclic) bond motifs is 1. The zero-order valence-electron chi connectivity index (χ0n) is 17.3. The van der Waals surface area contributed by atoms with Gasteiger partial charge in [0.1, 0.15) is 0 Å². The van der Waals surface area contributed by atoms with Crippen molar-refractivity contribution in [3.8, 4) is 0 Å². The summed E-state index contributed by atoms with van der Waals surface area (Å²) in [6.45, 7) is 2.06. The van der Waals surface area contributed by atoms with Crippen LogP contribution in [0.15, 0.2) is 42.5 Å². The molecule has 0 bridgehead atoms. The van der Waals surface area contributed by atoms with Crippen LogP contribution in [-0.2, 0) is 24.2 Å². The third-order valence-corrected chi connectivity index (χ3v) is 6.08. The molecule has 0 radical (unpaired) electrons. The predicted molar refractivity (Wildman–Crippen MR) is 115 cm³/mol. The first-order valence-electron chi connectivity index (χ1n) is 10.9. The molecule has 0 unspecified atom stereocenters. The summed E-state index contributed by atoms with van der Waals surface area (Å²) in [5, 5.41) is 2.86. The largest absolute Gasteiger partial charge is 0.352 e. The maximum Gasteiger partial charge on any atom is 0.253 e. The number of hydrogen-bond acceptors (Lipinski definition) is 3. The van der Waals surface area contributed by atoms with Crippen molar-refractivity contribution in [3.63, 3.8) is 0 Å². The summed E-state index contributed by atoms with van der Waals surface area (Å²) in [5.41, 5.74) is 4.95. The number of hydrogen-bond donors (Lipinski definition) is 1. The van der Waals surface area contributed by atoms with Crippen LogP contribution in [-0.4, -0.2) is 35.6 Å². The Bertz CT molecular complexity index is 943.